The number of hydrogen-bond donors (Lipinski definition) is 0. The van der Waals surface area contributed by atoms with Gasteiger partial charge in [-0.05, 0) is 87.0 Å². The van der Waals surface area contributed by atoms with Gasteiger partial charge in [-0.25, -0.2) is 0 Å². The minimum Gasteiger partial charge on any atom is -0.458 e. The molecule has 0 saturated heterocycles. The predicted octanol–water partition coefficient (Wildman–Crippen LogP) is 6.69. The number of para-hydroxylation sites is 3. The summed E-state index contributed by atoms with van der Waals surface area (Å²) < 4.78 is 16.3. The molecule has 11 rings (SSSR count). The summed E-state index contributed by atoms with van der Waals surface area (Å²) in [5.74, 6) is 3.54. The van der Waals surface area contributed by atoms with E-state index in [2.05, 4.69) is 187 Å². The quantitative estimate of drug-likeness (QED) is 0.148. The van der Waals surface area contributed by atoms with Gasteiger partial charge in [0.15, 0.2) is 8.07 Å². The summed E-state index contributed by atoms with van der Waals surface area (Å²) >= 11 is 0. The van der Waals surface area contributed by atoms with Crippen molar-refractivity contribution in [3.8, 4) is 28.7 Å². The van der Waals surface area contributed by atoms with Gasteiger partial charge in [0.05, 0.1) is 5.52 Å². The number of fused-ring (bicyclic) bond motifs is 7. The Morgan fingerprint density at radius 3 is 1.77 bits per heavy atom. The maximum absolute atomic E-state index is 6.91. The van der Waals surface area contributed by atoms with Gasteiger partial charge in [0.25, 0.3) is 6.71 Å². The first-order chi connectivity index (χ1) is 26.3. The molecule has 0 saturated carbocycles. The van der Waals surface area contributed by atoms with Crippen molar-refractivity contribution in [3.05, 3.63) is 187 Å². The SMILES string of the molecule is C1=Cc2c(n(-c3cccc([Si](c4ccccc4)(c4ccccc4)c4cc5c6c(c4)Oc4ccccc4B6c4ccccc4O5)c3)c3ccccc23)CC1. The van der Waals surface area contributed by atoms with E-state index >= 15 is 0 Å². The molecule has 0 N–H and O–H groups in total. The highest BCUT2D eigenvalue weighted by molar-refractivity contribution is 7.20. The zero-order valence-corrected chi connectivity index (χ0v) is 30.1. The Bertz CT molecular complexity index is 2640. The molecular weight excluding hydrogens is 661 g/mol. The molecule has 250 valence electrons. The Balaban J connectivity index is 1.21. The van der Waals surface area contributed by atoms with E-state index in [0.717, 1.165) is 41.3 Å². The Morgan fingerprint density at radius 2 is 1.09 bits per heavy atom. The molecule has 1 aliphatic carbocycles. The predicted molar refractivity (Wildman–Crippen MR) is 222 cm³/mol. The van der Waals surface area contributed by atoms with Crippen molar-refractivity contribution >= 4 is 68.9 Å². The van der Waals surface area contributed by atoms with Gasteiger partial charge in [-0.15, -0.1) is 0 Å². The second kappa shape index (κ2) is 11.9. The third-order valence-corrected chi connectivity index (χ3v) is 16.3. The topological polar surface area (TPSA) is 23.4 Å². The Kier molecular flexibility index (Phi) is 6.80. The van der Waals surface area contributed by atoms with E-state index in [1.54, 1.807) is 0 Å². The number of hydrogen-bond acceptors (Lipinski definition) is 2. The van der Waals surface area contributed by atoms with E-state index in [0.29, 0.717) is 0 Å². The molecule has 0 amide bonds. The molecule has 5 heteroatoms. The van der Waals surface area contributed by atoms with Gasteiger partial charge < -0.3 is 14.0 Å². The lowest BCUT2D eigenvalue weighted by atomic mass is 9.35. The highest BCUT2D eigenvalue weighted by atomic mass is 28.3. The van der Waals surface area contributed by atoms with Crippen molar-refractivity contribution in [2.24, 2.45) is 0 Å². The molecular formula is C48H34BNO2Si. The standard InChI is InChI=1S/C48H34BNO2Si/c1-3-17-34(18-4-1)53(35-19-5-2-6-20-35,36-21-15-16-33(30-36)50-42-26-11-7-22-38(42)39-23-8-12-27-43(39)50)37-31-46-48-47(32-37)52-45-29-14-10-25-41(45)49(48)40-24-9-13-28-44(40)51-46/h1-11,13-26,28-32H,12,27H2. The Hall–Kier alpha value is -6.30. The zero-order chi connectivity index (χ0) is 34.9. The summed E-state index contributed by atoms with van der Waals surface area (Å²) in [6, 6.07) is 62.1. The van der Waals surface area contributed by atoms with Crippen molar-refractivity contribution in [2.45, 2.75) is 12.8 Å². The summed E-state index contributed by atoms with van der Waals surface area (Å²) in [5, 5.41) is 6.45. The van der Waals surface area contributed by atoms with Crippen LogP contribution in [0, 0.1) is 0 Å². The molecule has 0 bridgehead atoms. The van der Waals surface area contributed by atoms with E-state index in [-0.39, 0.29) is 6.71 Å². The van der Waals surface area contributed by atoms with Crippen LogP contribution < -0.4 is 46.6 Å². The molecule has 7 aromatic carbocycles. The van der Waals surface area contributed by atoms with Crippen molar-refractivity contribution in [1.29, 1.82) is 0 Å². The molecule has 0 radical (unpaired) electrons. The molecule has 0 atom stereocenters. The Labute approximate surface area is 310 Å². The van der Waals surface area contributed by atoms with Crippen LogP contribution in [0.15, 0.2) is 176 Å². The van der Waals surface area contributed by atoms with Gasteiger partial charge in [0, 0.05) is 27.8 Å². The molecule has 8 aromatic rings. The monoisotopic (exact) mass is 695 g/mol. The van der Waals surface area contributed by atoms with Gasteiger partial charge in [-0.2, -0.15) is 0 Å². The van der Waals surface area contributed by atoms with E-state index < -0.39 is 8.07 Å². The fourth-order valence-electron chi connectivity index (χ4n) is 9.33. The van der Waals surface area contributed by atoms with Gasteiger partial charge in [-0.1, -0.05) is 140 Å². The highest BCUT2D eigenvalue weighted by Crippen LogP contribution is 2.36. The first-order valence-corrected chi connectivity index (χ1v) is 20.5. The van der Waals surface area contributed by atoms with E-state index in [1.807, 2.05) is 0 Å². The maximum Gasteiger partial charge on any atom is 0.260 e. The van der Waals surface area contributed by atoms with Crippen LogP contribution in [0.1, 0.15) is 17.7 Å². The lowest BCUT2D eigenvalue weighted by molar-refractivity contribution is 0.465. The molecule has 0 spiro atoms. The van der Waals surface area contributed by atoms with Crippen LogP contribution >= 0.6 is 0 Å². The van der Waals surface area contributed by atoms with E-state index in [9.17, 15) is 0 Å². The third-order valence-electron chi connectivity index (χ3n) is 11.5. The maximum atomic E-state index is 6.91. The van der Waals surface area contributed by atoms with Crippen LogP contribution in [0.4, 0.5) is 0 Å². The highest BCUT2D eigenvalue weighted by Gasteiger charge is 2.46. The molecule has 0 fully saturated rings. The minimum absolute atomic E-state index is 0.0269. The van der Waals surface area contributed by atoms with E-state index in [4.69, 9.17) is 9.47 Å². The number of ether oxygens (including phenoxy) is 2. The summed E-state index contributed by atoms with van der Waals surface area (Å²) in [7, 11) is -3.02. The molecule has 3 aliphatic rings. The van der Waals surface area contributed by atoms with Crippen molar-refractivity contribution in [3.63, 3.8) is 0 Å². The molecule has 0 unspecified atom stereocenters. The lowest BCUT2D eigenvalue weighted by Gasteiger charge is -2.38. The molecule has 53 heavy (non-hydrogen) atoms. The minimum atomic E-state index is -3.02. The molecule has 3 heterocycles. The van der Waals surface area contributed by atoms with Gasteiger partial charge in [0.1, 0.15) is 23.0 Å². The van der Waals surface area contributed by atoms with Gasteiger partial charge >= 0.3 is 0 Å². The number of rotatable bonds is 5. The van der Waals surface area contributed by atoms with Crippen molar-refractivity contribution in [1.82, 2.24) is 4.57 Å². The largest absolute Gasteiger partial charge is 0.458 e. The number of allylic oxidation sites excluding steroid dienone is 1. The van der Waals surface area contributed by atoms with E-state index in [1.165, 1.54) is 59.5 Å². The van der Waals surface area contributed by atoms with Crippen LogP contribution in [-0.4, -0.2) is 19.4 Å². The van der Waals surface area contributed by atoms with Crippen molar-refractivity contribution < 1.29 is 9.47 Å². The van der Waals surface area contributed by atoms with Gasteiger partial charge in [-0.3, -0.25) is 0 Å². The van der Waals surface area contributed by atoms with Gasteiger partial charge in [0.2, 0.25) is 0 Å². The van der Waals surface area contributed by atoms with Crippen LogP contribution in [0.2, 0.25) is 0 Å². The smallest absolute Gasteiger partial charge is 0.260 e. The number of benzene rings is 7. The van der Waals surface area contributed by atoms with Crippen LogP contribution in [0.5, 0.6) is 23.0 Å². The summed E-state index contributed by atoms with van der Waals surface area (Å²) in [5.41, 5.74) is 8.59. The van der Waals surface area contributed by atoms with Crippen molar-refractivity contribution in [2.75, 3.05) is 0 Å². The lowest BCUT2D eigenvalue weighted by Crippen LogP contribution is -2.75. The fraction of sp³-hybridized carbons (Fsp3) is 0.0417. The number of aromatic nitrogens is 1. The second-order valence-corrected chi connectivity index (χ2v) is 18.1. The zero-order valence-electron chi connectivity index (χ0n) is 29.1. The fourth-order valence-corrected chi connectivity index (χ4v) is 14.1. The van der Waals surface area contributed by atoms with Crippen LogP contribution in [0.25, 0.3) is 22.7 Å². The number of nitrogens with zero attached hydrogens (tertiary/aromatic N) is 1. The Morgan fingerprint density at radius 1 is 0.509 bits per heavy atom. The first kappa shape index (κ1) is 30.3. The second-order valence-electron chi connectivity index (χ2n) is 14.3. The normalized spacial score (nSPS) is 13.7. The average molecular weight is 696 g/mol. The van der Waals surface area contributed by atoms with Crippen LogP contribution in [0.3, 0.4) is 0 Å². The summed E-state index contributed by atoms with van der Waals surface area (Å²) in [4.78, 5) is 0. The molecule has 1 aromatic heterocycles. The third kappa shape index (κ3) is 4.47. The first-order valence-electron chi connectivity index (χ1n) is 18.5. The molecule has 2 aliphatic heterocycles. The average Bonchev–Trinajstić information content (AvgIpc) is 3.56. The molecule has 3 nitrogen and oxygen atoms in total. The summed E-state index contributed by atoms with van der Waals surface area (Å²) in [6.07, 6.45) is 6.68. The van der Waals surface area contributed by atoms with Crippen LogP contribution in [-0.2, 0) is 6.42 Å². The summed E-state index contributed by atoms with van der Waals surface area (Å²) in [6.45, 7) is 0.0269.